The van der Waals surface area contributed by atoms with Crippen LogP contribution in [0.2, 0.25) is 0 Å². The van der Waals surface area contributed by atoms with Crippen molar-refractivity contribution >= 4 is 21.8 Å². The molecule has 9 nitrogen and oxygen atoms in total. The Bertz CT molecular complexity index is 1090. The maximum atomic E-state index is 13.3. The molecule has 1 atom stereocenters. The Morgan fingerprint density at radius 3 is 1.97 bits per heavy atom. The van der Waals surface area contributed by atoms with Crippen molar-refractivity contribution in [2.24, 2.45) is 5.92 Å². The summed E-state index contributed by atoms with van der Waals surface area (Å²) in [4.78, 5) is 28.1. The van der Waals surface area contributed by atoms with Gasteiger partial charge in [-0.3, -0.25) is 9.59 Å². The van der Waals surface area contributed by atoms with Crippen LogP contribution in [0.25, 0.3) is 0 Å². The molecule has 1 aliphatic rings. The topological polar surface area (TPSA) is 105 Å². The number of ether oxygens (including phenoxy) is 2. The van der Waals surface area contributed by atoms with Crippen LogP contribution in [0.15, 0.2) is 53.4 Å². The average Bonchev–Trinajstić information content (AvgIpc) is 2.86. The molecule has 0 aliphatic carbocycles. The molecule has 1 fully saturated rings. The van der Waals surface area contributed by atoms with Crippen LogP contribution < -0.4 is 14.8 Å². The molecule has 1 aliphatic heterocycles. The largest absolute Gasteiger partial charge is 0.497 e. The maximum Gasteiger partial charge on any atom is 0.252 e. The van der Waals surface area contributed by atoms with Crippen LogP contribution in [0.4, 0.5) is 0 Å². The Balaban J connectivity index is 1.68. The third-order valence-electron chi connectivity index (χ3n) is 5.76. The second kappa shape index (κ2) is 10.9. The van der Waals surface area contributed by atoms with Gasteiger partial charge in [-0.05, 0) is 30.2 Å². The van der Waals surface area contributed by atoms with Crippen LogP contribution in [-0.2, 0) is 14.8 Å². The molecule has 0 spiro atoms. The number of nitrogens with one attached hydrogen (secondary N) is 1. The number of amides is 2. The van der Waals surface area contributed by atoms with Crippen molar-refractivity contribution in [2.45, 2.75) is 24.8 Å². The molecule has 1 N–H and O–H groups in total. The van der Waals surface area contributed by atoms with E-state index >= 15 is 0 Å². The Morgan fingerprint density at radius 2 is 1.47 bits per heavy atom. The lowest BCUT2D eigenvalue weighted by atomic mass is 10.0. The Kier molecular flexibility index (Phi) is 8.16. The first kappa shape index (κ1) is 25.5. The van der Waals surface area contributed by atoms with Crippen LogP contribution in [0.1, 0.15) is 24.2 Å². The van der Waals surface area contributed by atoms with E-state index in [1.54, 1.807) is 53.4 Å². The standard InChI is InChI=1S/C24H31N3O6S/c1-17(2)22(25-23(28)18-14-19(32-3)16-20(15-18)33-4)24(29)26-10-12-27(13-11-26)34(30,31)21-8-6-5-7-9-21/h5-9,14-17,22H,10-13H2,1-4H3,(H,25,28)/t22-/m0/s1. The van der Waals surface area contributed by atoms with Crippen molar-refractivity contribution in [3.8, 4) is 11.5 Å². The number of hydrogen-bond acceptors (Lipinski definition) is 6. The van der Waals surface area contributed by atoms with E-state index in [-0.39, 0.29) is 42.9 Å². The molecule has 1 saturated heterocycles. The van der Waals surface area contributed by atoms with Crippen LogP contribution >= 0.6 is 0 Å². The molecular weight excluding hydrogens is 458 g/mol. The number of benzene rings is 2. The van der Waals surface area contributed by atoms with Gasteiger partial charge in [-0.15, -0.1) is 0 Å². The third-order valence-corrected chi connectivity index (χ3v) is 7.68. The number of carbonyl (C=O) groups is 2. The highest BCUT2D eigenvalue weighted by Gasteiger charge is 2.34. The number of sulfonamides is 1. The summed E-state index contributed by atoms with van der Waals surface area (Å²) in [7, 11) is -0.625. The Hall–Kier alpha value is -3.11. The summed E-state index contributed by atoms with van der Waals surface area (Å²) in [5.41, 5.74) is 0.313. The number of rotatable bonds is 8. The van der Waals surface area contributed by atoms with E-state index in [4.69, 9.17) is 9.47 Å². The smallest absolute Gasteiger partial charge is 0.252 e. The first-order valence-electron chi connectivity index (χ1n) is 11.0. The normalized spacial score (nSPS) is 15.6. The molecule has 10 heteroatoms. The number of hydrogen-bond donors (Lipinski definition) is 1. The van der Waals surface area contributed by atoms with E-state index in [1.165, 1.54) is 18.5 Å². The number of nitrogens with zero attached hydrogens (tertiary/aromatic N) is 2. The van der Waals surface area contributed by atoms with Gasteiger partial charge in [0.15, 0.2) is 0 Å². The van der Waals surface area contributed by atoms with Crippen molar-refractivity contribution in [2.75, 3.05) is 40.4 Å². The number of methoxy groups -OCH3 is 2. The molecule has 0 unspecified atom stereocenters. The van der Waals surface area contributed by atoms with Gasteiger partial charge in [-0.1, -0.05) is 32.0 Å². The number of carbonyl (C=O) groups excluding carboxylic acids is 2. The van der Waals surface area contributed by atoms with Crippen molar-refractivity contribution in [3.05, 3.63) is 54.1 Å². The minimum atomic E-state index is -3.61. The highest BCUT2D eigenvalue weighted by Crippen LogP contribution is 2.23. The molecule has 3 rings (SSSR count). The van der Waals surface area contributed by atoms with E-state index in [0.29, 0.717) is 17.1 Å². The van der Waals surface area contributed by atoms with E-state index in [9.17, 15) is 18.0 Å². The molecule has 2 aromatic rings. The monoisotopic (exact) mass is 489 g/mol. The van der Waals surface area contributed by atoms with E-state index in [2.05, 4.69) is 5.32 Å². The lowest BCUT2D eigenvalue weighted by Gasteiger charge is -2.36. The molecule has 2 amide bonds. The van der Waals surface area contributed by atoms with Crippen LogP contribution in [0.5, 0.6) is 11.5 Å². The van der Waals surface area contributed by atoms with Crippen molar-refractivity contribution in [1.29, 1.82) is 0 Å². The highest BCUT2D eigenvalue weighted by atomic mass is 32.2. The second-order valence-electron chi connectivity index (χ2n) is 8.34. The second-order valence-corrected chi connectivity index (χ2v) is 10.3. The molecule has 2 aromatic carbocycles. The fraction of sp³-hybridized carbons (Fsp3) is 0.417. The predicted molar refractivity (Wildman–Crippen MR) is 127 cm³/mol. The van der Waals surface area contributed by atoms with Gasteiger partial charge in [-0.2, -0.15) is 4.31 Å². The Labute approximate surface area is 200 Å². The zero-order valence-electron chi connectivity index (χ0n) is 19.9. The lowest BCUT2D eigenvalue weighted by molar-refractivity contribution is -0.135. The van der Waals surface area contributed by atoms with Gasteiger partial charge in [-0.25, -0.2) is 8.42 Å². The molecule has 184 valence electrons. The molecule has 0 aromatic heterocycles. The SMILES string of the molecule is COc1cc(OC)cc(C(=O)N[C@H](C(=O)N2CCN(S(=O)(=O)c3ccccc3)CC2)C(C)C)c1. The van der Waals surface area contributed by atoms with E-state index < -0.39 is 22.0 Å². The van der Waals surface area contributed by atoms with E-state index in [0.717, 1.165) is 0 Å². The molecule has 0 bridgehead atoms. The zero-order chi connectivity index (χ0) is 24.9. The van der Waals surface area contributed by atoms with Gasteiger partial charge >= 0.3 is 0 Å². The Morgan fingerprint density at radius 1 is 0.912 bits per heavy atom. The minimum absolute atomic E-state index is 0.171. The predicted octanol–water partition coefficient (Wildman–Crippen LogP) is 1.99. The van der Waals surface area contributed by atoms with Gasteiger partial charge in [0.2, 0.25) is 15.9 Å². The van der Waals surface area contributed by atoms with Gasteiger partial charge in [0.25, 0.3) is 5.91 Å². The summed E-state index contributed by atoms with van der Waals surface area (Å²) in [6, 6.07) is 12.3. The molecule has 0 saturated carbocycles. The summed E-state index contributed by atoms with van der Waals surface area (Å²) >= 11 is 0. The van der Waals surface area contributed by atoms with Crippen molar-refractivity contribution in [3.63, 3.8) is 0 Å². The lowest BCUT2D eigenvalue weighted by Crippen LogP contribution is -2.57. The number of piperazine rings is 1. The zero-order valence-corrected chi connectivity index (χ0v) is 20.7. The molecule has 0 radical (unpaired) electrons. The van der Waals surface area contributed by atoms with Crippen molar-refractivity contribution < 1.29 is 27.5 Å². The fourth-order valence-electron chi connectivity index (χ4n) is 3.76. The van der Waals surface area contributed by atoms with E-state index in [1.807, 2.05) is 13.8 Å². The fourth-order valence-corrected chi connectivity index (χ4v) is 5.21. The van der Waals surface area contributed by atoms with Crippen LogP contribution in [0, 0.1) is 5.92 Å². The highest BCUT2D eigenvalue weighted by molar-refractivity contribution is 7.89. The summed E-state index contributed by atoms with van der Waals surface area (Å²) in [6.45, 7) is 4.58. The van der Waals surface area contributed by atoms with Crippen LogP contribution in [-0.4, -0.2) is 75.9 Å². The first-order valence-corrected chi connectivity index (χ1v) is 12.5. The maximum absolute atomic E-state index is 13.3. The van der Waals surface area contributed by atoms with Crippen LogP contribution in [0.3, 0.4) is 0 Å². The minimum Gasteiger partial charge on any atom is -0.497 e. The summed E-state index contributed by atoms with van der Waals surface area (Å²) < 4.78 is 37.5. The molecular formula is C24H31N3O6S. The third kappa shape index (κ3) is 5.68. The van der Waals surface area contributed by atoms with Gasteiger partial charge < -0.3 is 19.7 Å². The van der Waals surface area contributed by atoms with Crippen molar-refractivity contribution in [1.82, 2.24) is 14.5 Å². The van der Waals surface area contributed by atoms with Gasteiger partial charge in [0.05, 0.1) is 19.1 Å². The quantitative estimate of drug-likeness (QED) is 0.608. The van der Waals surface area contributed by atoms with Gasteiger partial charge in [0, 0.05) is 37.8 Å². The summed E-state index contributed by atoms with van der Waals surface area (Å²) in [5.74, 6) is 0.0971. The average molecular weight is 490 g/mol. The van der Waals surface area contributed by atoms with Gasteiger partial charge in [0.1, 0.15) is 17.5 Å². The first-order chi connectivity index (χ1) is 16.2. The molecule has 34 heavy (non-hydrogen) atoms. The summed E-state index contributed by atoms with van der Waals surface area (Å²) in [5, 5.41) is 2.83. The molecule has 1 heterocycles. The summed E-state index contributed by atoms with van der Waals surface area (Å²) in [6.07, 6.45) is 0.